The fourth-order valence-electron chi connectivity index (χ4n) is 4.13. The molecule has 4 rings (SSSR count). The summed E-state index contributed by atoms with van der Waals surface area (Å²) in [6.07, 6.45) is 1.54. The number of anilines is 2. The first-order chi connectivity index (χ1) is 20.8. The highest BCUT2D eigenvalue weighted by Gasteiger charge is 2.17. The maximum Gasteiger partial charge on any atom is 0.272 e. The van der Waals surface area contributed by atoms with Gasteiger partial charge in [-0.15, -0.1) is 11.8 Å². The van der Waals surface area contributed by atoms with Crippen LogP contribution in [0, 0.1) is 13.8 Å². The number of rotatable bonds is 11. The number of amides is 3. The van der Waals surface area contributed by atoms with Gasteiger partial charge in [0.1, 0.15) is 17.2 Å². The molecule has 0 unspecified atom stereocenters. The molecule has 0 saturated carbocycles. The number of ether oxygens (including phenoxy) is 2. The lowest BCUT2D eigenvalue weighted by Gasteiger charge is -2.14. The van der Waals surface area contributed by atoms with Crippen LogP contribution < -0.4 is 25.4 Å². The van der Waals surface area contributed by atoms with E-state index in [2.05, 4.69) is 16.0 Å². The molecule has 0 aliphatic rings. The Labute approximate surface area is 255 Å². The van der Waals surface area contributed by atoms with Gasteiger partial charge in [0, 0.05) is 27.4 Å². The van der Waals surface area contributed by atoms with Crippen LogP contribution in [0.1, 0.15) is 27.0 Å². The van der Waals surface area contributed by atoms with E-state index in [-0.39, 0.29) is 17.4 Å². The molecule has 0 heterocycles. The quantitative estimate of drug-likeness (QED) is 0.136. The average molecular weight is 596 g/mol. The molecule has 0 spiro atoms. The number of hydrogen-bond donors (Lipinski definition) is 3. The largest absolute Gasteiger partial charge is 0.497 e. The summed E-state index contributed by atoms with van der Waals surface area (Å²) in [6.45, 7) is 3.97. The van der Waals surface area contributed by atoms with Crippen LogP contribution in [0.5, 0.6) is 11.5 Å². The maximum atomic E-state index is 13.5. The maximum absolute atomic E-state index is 13.5. The molecule has 0 aromatic heterocycles. The van der Waals surface area contributed by atoms with Crippen molar-refractivity contribution >= 4 is 46.9 Å². The third kappa shape index (κ3) is 8.50. The van der Waals surface area contributed by atoms with E-state index in [4.69, 9.17) is 9.47 Å². The SMILES string of the molecule is COc1ccc(OC)c(/C=C(/NC(=O)c2ccccc2)C(=O)Nc2cccc(SCC(=O)Nc3cccc(C)c3C)c2)c1. The standard InChI is InChI=1S/C34H33N3O5S/c1-22-10-8-15-29(23(22)2)36-32(38)21-43-28-14-9-13-26(20-28)35-34(40)30(37-33(39)24-11-6-5-7-12-24)19-25-18-27(41-3)16-17-31(25)42-4/h5-20H,21H2,1-4H3,(H,35,40)(H,36,38)(H,37,39)/b30-19+. The molecule has 0 bridgehead atoms. The van der Waals surface area contributed by atoms with Crippen molar-refractivity contribution in [1.82, 2.24) is 5.32 Å². The van der Waals surface area contributed by atoms with Crippen LogP contribution in [0.4, 0.5) is 11.4 Å². The van der Waals surface area contributed by atoms with Crippen molar-refractivity contribution in [1.29, 1.82) is 0 Å². The van der Waals surface area contributed by atoms with E-state index < -0.39 is 11.8 Å². The van der Waals surface area contributed by atoms with Crippen LogP contribution in [0.3, 0.4) is 0 Å². The van der Waals surface area contributed by atoms with Gasteiger partial charge in [-0.25, -0.2) is 0 Å². The van der Waals surface area contributed by atoms with Crippen molar-refractivity contribution in [2.24, 2.45) is 0 Å². The molecule has 4 aromatic carbocycles. The Morgan fingerprint density at radius 3 is 2.33 bits per heavy atom. The van der Waals surface area contributed by atoms with Crippen molar-refractivity contribution in [2.75, 3.05) is 30.6 Å². The molecule has 8 nitrogen and oxygen atoms in total. The smallest absolute Gasteiger partial charge is 0.272 e. The van der Waals surface area contributed by atoms with Gasteiger partial charge in [0.25, 0.3) is 11.8 Å². The second-order valence-electron chi connectivity index (χ2n) is 9.55. The summed E-state index contributed by atoms with van der Waals surface area (Å²) in [5, 5.41) is 8.55. The Kier molecular flexibility index (Phi) is 10.6. The van der Waals surface area contributed by atoms with E-state index in [0.717, 1.165) is 21.7 Å². The predicted molar refractivity (Wildman–Crippen MR) is 172 cm³/mol. The molecular weight excluding hydrogens is 562 g/mol. The Hall–Kier alpha value is -5.02. The van der Waals surface area contributed by atoms with Crippen LogP contribution >= 0.6 is 11.8 Å². The summed E-state index contributed by atoms with van der Waals surface area (Å²) >= 11 is 1.35. The first-order valence-corrected chi connectivity index (χ1v) is 14.5. The second-order valence-corrected chi connectivity index (χ2v) is 10.6. The Morgan fingerprint density at radius 1 is 0.814 bits per heavy atom. The molecule has 43 heavy (non-hydrogen) atoms. The van der Waals surface area contributed by atoms with Crippen LogP contribution in [0.15, 0.2) is 102 Å². The van der Waals surface area contributed by atoms with E-state index >= 15 is 0 Å². The van der Waals surface area contributed by atoms with Gasteiger partial charge < -0.3 is 25.4 Å². The Morgan fingerprint density at radius 2 is 1.58 bits per heavy atom. The molecule has 4 aromatic rings. The van der Waals surface area contributed by atoms with E-state index in [9.17, 15) is 14.4 Å². The number of aryl methyl sites for hydroxylation is 1. The highest BCUT2D eigenvalue weighted by molar-refractivity contribution is 8.00. The molecule has 0 radical (unpaired) electrons. The number of thioether (sulfide) groups is 1. The lowest BCUT2D eigenvalue weighted by Crippen LogP contribution is -2.30. The summed E-state index contributed by atoms with van der Waals surface area (Å²) in [7, 11) is 3.06. The number of carbonyl (C=O) groups excluding carboxylic acids is 3. The molecule has 0 aliphatic heterocycles. The van der Waals surface area contributed by atoms with Gasteiger partial charge in [0.05, 0.1) is 20.0 Å². The molecule has 0 atom stereocenters. The summed E-state index contributed by atoms with van der Waals surface area (Å²) in [5.41, 5.74) is 4.37. The number of methoxy groups -OCH3 is 2. The summed E-state index contributed by atoms with van der Waals surface area (Å²) < 4.78 is 10.8. The van der Waals surface area contributed by atoms with Gasteiger partial charge >= 0.3 is 0 Å². The minimum Gasteiger partial charge on any atom is -0.497 e. The molecule has 0 aliphatic carbocycles. The second kappa shape index (κ2) is 14.7. The van der Waals surface area contributed by atoms with Crippen LogP contribution in [0.25, 0.3) is 6.08 Å². The summed E-state index contributed by atoms with van der Waals surface area (Å²) in [4.78, 5) is 40.0. The third-order valence-corrected chi connectivity index (χ3v) is 7.60. The topological polar surface area (TPSA) is 106 Å². The molecule has 0 saturated heterocycles. The molecular formula is C34H33N3O5S. The van der Waals surface area contributed by atoms with Gasteiger partial charge in [-0.3, -0.25) is 14.4 Å². The number of carbonyl (C=O) groups is 3. The van der Waals surface area contributed by atoms with Crippen LogP contribution in [-0.2, 0) is 9.59 Å². The Bertz CT molecular complexity index is 1650. The number of hydrogen-bond acceptors (Lipinski definition) is 6. The van der Waals surface area contributed by atoms with Crippen molar-refractivity contribution < 1.29 is 23.9 Å². The normalized spacial score (nSPS) is 10.9. The van der Waals surface area contributed by atoms with E-state index in [1.807, 2.05) is 38.1 Å². The zero-order chi connectivity index (χ0) is 30.8. The van der Waals surface area contributed by atoms with Crippen molar-refractivity contribution in [3.8, 4) is 11.5 Å². The van der Waals surface area contributed by atoms with E-state index in [0.29, 0.717) is 28.3 Å². The monoisotopic (exact) mass is 595 g/mol. The first kappa shape index (κ1) is 30.9. The predicted octanol–water partition coefficient (Wildman–Crippen LogP) is 6.46. The minimum absolute atomic E-state index is 0.00589. The lowest BCUT2D eigenvalue weighted by atomic mass is 10.1. The van der Waals surface area contributed by atoms with Crippen LogP contribution in [-0.4, -0.2) is 37.7 Å². The van der Waals surface area contributed by atoms with Gasteiger partial charge in [-0.2, -0.15) is 0 Å². The van der Waals surface area contributed by atoms with Crippen LogP contribution in [0.2, 0.25) is 0 Å². The van der Waals surface area contributed by atoms with Gasteiger partial charge in [0.2, 0.25) is 5.91 Å². The van der Waals surface area contributed by atoms with Crippen molar-refractivity contribution in [3.05, 3.63) is 119 Å². The average Bonchev–Trinajstić information content (AvgIpc) is 3.02. The van der Waals surface area contributed by atoms with E-state index in [1.54, 1.807) is 73.8 Å². The van der Waals surface area contributed by atoms with Gasteiger partial charge in [-0.1, -0.05) is 36.4 Å². The van der Waals surface area contributed by atoms with Gasteiger partial charge in [-0.05, 0) is 85.6 Å². The zero-order valence-corrected chi connectivity index (χ0v) is 25.2. The molecule has 3 amide bonds. The zero-order valence-electron chi connectivity index (χ0n) is 24.4. The fraction of sp³-hybridized carbons (Fsp3) is 0.147. The molecule has 9 heteroatoms. The minimum atomic E-state index is -0.538. The van der Waals surface area contributed by atoms with Crippen molar-refractivity contribution in [2.45, 2.75) is 18.7 Å². The molecule has 0 fully saturated rings. The van der Waals surface area contributed by atoms with E-state index in [1.165, 1.54) is 24.9 Å². The highest BCUT2D eigenvalue weighted by atomic mass is 32.2. The Balaban J connectivity index is 1.51. The molecule has 3 N–H and O–H groups in total. The van der Waals surface area contributed by atoms with Gasteiger partial charge in [0.15, 0.2) is 0 Å². The molecule has 220 valence electrons. The summed E-state index contributed by atoms with van der Waals surface area (Å²) in [6, 6.07) is 26.7. The summed E-state index contributed by atoms with van der Waals surface area (Å²) in [5.74, 6) is 0.143. The third-order valence-electron chi connectivity index (χ3n) is 6.61. The number of nitrogens with one attached hydrogen (secondary N) is 3. The first-order valence-electron chi connectivity index (χ1n) is 13.5. The highest BCUT2D eigenvalue weighted by Crippen LogP contribution is 2.27. The van der Waals surface area contributed by atoms with Crippen molar-refractivity contribution in [3.63, 3.8) is 0 Å². The lowest BCUT2D eigenvalue weighted by molar-refractivity contribution is -0.114. The fourth-order valence-corrected chi connectivity index (χ4v) is 4.89. The number of benzene rings is 4.